The number of carbonyl (C=O) groups is 1. The number of aromatic nitrogens is 2. The Hall–Kier alpha value is -2.40. The van der Waals surface area contributed by atoms with Crippen molar-refractivity contribution in [3.63, 3.8) is 0 Å². The molecule has 134 valence electrons. The molecule has 3 rings (SSSR count). The van der Waals surface area contributed by atoms with Crippen molar-refractivity contribution in [2.45, 2.75) is 32.2 Å². The van der Waals surface area contributed by atoms with Crippen molar-refractivity contribution in [3.05, 3.63) is 82.6 Å². The first-order chi connectivity index (χ1) is 12.6. The van der Waals surface area contributed by atoms with Gasteiger partial charge in [-0.3, -0.25) is 4.79 Å². The van der Waals surface area contributed by atoms with Gasteiger partial charge in [-0.15, -0.1) is 0 Å². The van der Waals surface area contributed by atoms with E-state index in [1.54, 1.807) is 0 Å². The average Bonchev–Trinajstić information content (AvgIpc) is 3.12. The lowest BCUT2D eigenvalue weighted by Gasteiger charge is -2.14. The standard InChI is InChI=1S/C21H22BrN3O/c1-16(13-17-7-10-19(22)11-8-17)24-21(26)12-9-18-14-23-25(15-18)20-5-3-2-4-6-20/h2-8,10-11,14-16H,9,12-13H2,1H3,(H,24,26). The van der Waals surface area contributed by atoms with Gasteiger partial charge in [0.1, 0.15) is 0 Å². The molecule has 26 heavy (non-hydrogen) atoms. The van der Waals surface area contributed by atoms with E-state index < -0.39 is 0 Å². The van der Waals surface area contributed by atoms with Crippen molar-refractivity contribution in [1.29, 1.82) is 0 Å². The van der Waals surface area contributed by atoms with E-state index in [1.165, 1.54) is 5.56 Å². The third-order valence-electron chi connectivity index (χ3n) is 4.16. The summed E-state index contributed by atoms with van der Waals surface area (Å²) in [6.07, 6.45) is 5.78. The van der Waals surface area contributed by atoms with Gasteiger partial charge in [0, 0.05) is 23.1 Å². The molecule has 5 heteroatoms. The van der Waals surface area contributed by atoms with Crippen LogP contribution in [0.3, 0.4) is 0 Å². The first-order valence-corrected chi connectivity index (χ1v) is 9.52. The van der Waals surface area contributed by atoms with E-state index in [0.717, 1.165) is 22.1 Å². The van der Waals surface area contributed by atoms with Crippen LogP contribution in [0.25, 0.3) is 5.69 Å². The predicted octanol–water partition coefficient (Wildman–Crippen LogP) is 4.31. The molecule has 1 aromatic heterocycles. The van der Waals surface area contributed by atoms with Crippen LogP contribution < -0.4 is 5.32 Å². The number of nitrogens with zero attached hydrogens (tertiary/aromatic N) is 2. The number of rotatable bonds is 7. The number of aryl methyl sites for hydroxylation is 1. The van der Waals surface area contributed by atoms with Gasteiger partial charge >= 0.3 is 0 Å². The second-order valence-electron chi connectivity index (χ2n) is 6.43. The van der Waals surface area contributed by atoms with E-state index in [2.05, 4.69) is 38.5 Å². The highest BCUT2D eigenvalue weighted by Gasteiger charge is 2.09. The van der Waals surface area contributed by atoms with Crippen molar-refractivity contribution in [2.75, 3.05) is 0 Å². The maximum absolute atomic E-state index is 12.2. The highest BCUT2D eigenvalue weighted by atomic mass is 79.9. The quantitative estimate of drug-likeness (QED) is 0.629. The van der Waals surface area contributed by atoms with Crippen LogP contribution in [0.15, 0.2) is 71.5 Å². The molecule has 0 aliphatic heterocycles. The van der Waals surface area contributed by atoms with E-state index in [0.29, 0.717) is 12.8 Å². The second kappa shape index (κ2) is 8.81. The molecule has 0 saturated heterocycles. The Kier molecular flexibility index (Phi) is 6.23. The highest BCUT2D eigenvalue weighted by Crippen LogP contribution is 2.12. The zero-order valence-corrected chi connectivity index (χ0v) is 16.3. The highest BCUT2D eigenvalue weighted by molar-refractivity contribution is 9.10. The van der Waals surface area contributed by atoms with Crippen molar-refractivity contribution in [1.82, 2.24) is 15.1 Å². The first-order valence-electron chi connectivity index (χ1n) is 8.73. The first kappa shape index (κ1) is 18.4. The summed E-state index contributed by atoms with van der Waals surface area (Å²) in [4.78, 5) is 12.2. The van der Waals surface area contributed by atoms with Crippen molar-refractivity contribution in [3.8, 4) is 5.69 Å². The van der Waals surface area contributed by atoms with Crippen LogP contribution in [0.1, 0.15) is 24.5 Å². The van der Waals surface area contributed by atoms with Crippen LogP contribution >= 0.6 is 15.9 Å². The zero-order chi connectivity index (χ0) is 18.4. The maximum atomic E-state index is 12.2. The smallest absolute Gasteiger partial charge is 0.220 e. The van der Waals surface area contributed by atoms with Gasteiger partial charge in [0.05, 0.1) is 11.9 Å². The lowest BCUT2D eigenvalue weighted by atomic mass is 10.1. The van der Waals surface area contributed by atoms with Crippen molar-refractivity contribution >= 4 is 21.8 Å². The summed E-state index contributed by atoms with van der Waals surface area (Å²) >= 11 is 3.43. The number of nitrogens with one attached hydrogen (secondary N) is 1. The van der Waals surface area contributed by atoms with Gasteiger partial charge in [0.2, 0.25) is 5.91 Å². The molecule has 2 aromatic carbocycles. The molecule has 1 unspecified atom stereocenters. The van der Waals surface area contributed by atoms with Gasteiger partial charge in [-0.05, 0) is 55.2 Å². The van der Waals surface area contributed by atoms with Crippen molar-refractivity contribution in [2.24, 2.45) is 0 Å². The topological polar surface area (TPSA) is 46.9 Å². The van der Waals surface area contributed by atoms with Crippen molar-refractivity contribution < 1.29 is 4.79 Å². The minimum Gasteiger partial charge on any atom is -0.353 e. The molecule has 1 N–H and O–H groups in total. The fraction of sp³-hybridized carbons (Fsp3) is 0.238. The number of carbonyl (C=O) groups excluding carboxylic acids is 1. The lowest BCUT2D eigenvalue weighted by Crippen LogP contribution is -2.34. The Morgan fingerprint density at radius 3 is 2.58 bits per heavy atom. The predicted molar refractivity (Wildman–Crippen MR) is 107 cm³/mol. The summed E-state index contributed by atoms with van der Waals surface area (Å²) < 4.78 is 2.90. The lowest BCUT2D eigenvalue weighted by molar-refractivity contribution is -0.121. The summed E-state index contributed by atoms with van der Waals surface area (Å²) in [6, 6.07) is 18.3. The van der Waals surface area contributed by atoms with Gasteiger partial charge in [-0.2, -0.15) is 5.10 Å². The largest absolute Gasteiger partial charge is 0.353 e. The molecule has 0 saturated carbocycles. The van der Waals surface area contributed by atoms with E-state index >= 15 is 0 Å². The molecule has 4 nitrogen and oxygen atoms in total. The normalized spacial score (nSPS) is 11.9. The summed E-state index contributed by atoms with van der Waals surface area (Å²) in [6.45, 7) is 2.04. The van der Waals surface area contributed by atoms with E-state index in [-0.39, 0.29) is 11.9 Å². The monoisotopic (exact) mass is 411 g/mol. The van der Waals surface area contributed by atoms with Gasteiger partial charge in [0.15, 0.2) is 0 Å². The Morgan fingerprint density at radius 1 is 1.12 bits per heavy atom. The molecular weight excluding hydrogens is 390 g/mol. The molecule has 3 aromatic rings. The molecule has 0 aliphatic rings. The molecule has 1 heterocycles. The van der Waals surface area contributed by atoms with Gasteiger partial charge < -0.3 is 5.32 Å². The van der Waals surface area contributed by atoms with E-state index in [9.17, 15) is 4.79 Å². The Morgan fingerprint density at radius 2 is 1.85 bits per heavy atom. The molecule has 0 fully saturated rings. The number of amides is 1. The molecule has 1 atom stereocenters. The molecule has 0 radical (unpaired) electrons. The van der Waals surface area contributed by atoms with Crippen LogP contribution in [0.2, 0.25) is 0 Å². The Balaban J connectivity index is 1.46. The summed E-state index contributed by atoms with van der Waals surface area (Å²) in [5.41, 5.74) is 3.29. The summed E-state index contributed by atoms with van der Waals surface area (Å²) in [5, 5.41) is 7.44. The van der Waals surface area contributed by atoms with Crippen LogP contribution in [-0.2, 0) is 17.6 Å². The fourth-order valence-corrected chi connectivity index (χ4v) is 3.11. The summed E-state index contributed by atoms with van der Waals surface area (Å²) in [7, 11) is 0. The number of para-hydroxylation sites is 1. The zero-order valence-electron chi connectivity index (χ0n) is 14.7. The summed E-state index contributed by atoms with van der Waals surface area (Å²) in [5.74, 6) is 0.0714. The maximum Gasteiger partial charge on any atom is 0.220 e. The molecular formula is C21H22BrN3O. The SMILES string of the molecule is CC(Cc1ccc(Br)cc1)NC(=O)CCc1cnn(-c2ccccc2)c1. The van der Waals surface area contributed by atoms with Gasteiger partial charge in [-0.1, -0.05) is 46.3 Å². The second-order valence-corrected chi connectivity index (χ2v) is 7.34. The third kappa shape index (κ3) is 5.30. The number of halogens is 1. The van der Waals surface area contributed by atoms with Crippen LogP contribution in [-0.4, -0.2) is 21.7 Å². The Labute approximate surface area is 162 Å². The minimum absolute atomic E-state index is 0.0714. The van der Waals surface area contributed by atoms with Crippen LogP contribution in [0.5, 0.6) is 0 Å². The number of hydrogen-bond acceptors (Lipinski definition) is 2. The molecule has 0 spiro atoms. The molecule has 0 aliphatic carbocycles. The number of hydrogen-bond donors (Lipinski definition) is 1. The minimum atomic E-state index is 0.0714. The van der Waals surface area contributed by atoms with Gasteiger partial charge in [0.25, 0.3) is 0 Å². The third-order valence-corrected chi connectivity index (χ3v) is 4.69. The Bertz CT molecular complexity index is 843. The van der Waals surface area contributed by atoms with E-state index in [4.69, 9.17) is 0 Å². The van der Waals surface area contributed by atoms with Crippen LogP contribution in [0.4, 0.5) is 0 Å². The van der Waals surface area contributed by atoms with E-state index in [1.807, 2.05) is 66.5 Å². The number of benzene rings is 2. The fourth-order valence-electron chi connectivity index (χ4n) is 2.84. The molecule has 1 amide bonds. The van der Waals surface area contributed by atoms with Gasteiger partial charge in [-0.25, -0.2) is 4.68 Å². The van der Waals surface area contributed by atoms with Crippen LogP contribution in [0, 0.1) is 0 Å². The molecule has 0 bridgehead atoms. The average molecular weight is 412 g/mol.